The van der Waals surface area contributed by atoms with E-state index < -0.39 is 0 Å². The Bertz CT molecular complexity index is 158. The summed E-state index contributed by atoms with van der Waals surface area (Å²) < 4.78 is 5.51. The van der Waals surface area contributed by atoms with Crippen molar-refractivity contribution in [2.24, 2.45) is 0 Å². The molecule has 4 heteroatoms. The minimum Gasteiger partial charge on any atom is -0.380 e. The van der Waals surface area contributed by atoms with Crippen molar-refractivity contribution in [3.8, 4) is 0 Å². The van der Waals surface area contributed by atoms with Gasteiger partial charge < -0.3 is 10.1 Å². The fourth-order valence-corrected chi connectivity index (χ4v) is 1.95. The minimum absolute atomic E-state index is 0.893. The molecule has 1 aliphatic rings. The van der Waals surface area contributed by atoms with Crippen molar-refractivity contribution in [1.29, 1.82) is 0 Å². The number of rotatable bonds is 8. The van der Waals surface area contributed by atoms with Crippen LogP contribution in [0.4, 0.5) is 0 Å². The van der Waals surface area contributed by atoms with Crippen LogP contribution in [0.25, 0.3) is 0 Å². The third-order valence-corrected chi connectivity index (χ3v) is 3.04. The molecule has 0 spiro atoms. The van der Waals surface area contributed by atoms with Gasteiger partial charge in [0.1, 0.15) is 0 Å². The molecule has 0 aromatic heterocycles. The van der Waals surface area contributed by atoms with E-state index in [9.17, 15) is 0 Å². The first kappa shape index (κ1) is 13.9. The summed E-state index contributed by atoms with van der Waals surface area (Å²) >= 11 is 0. The fourth-order valence-electron chi connectivity index (χ4n) is 1.95. The van der Waals surface area contributed by atoms with Gasteiger partial charge in [0.25, 0.3) is 0 Å². The van der Waals surface area contributed by atoms with Crippen LogP contribution in [0.3, 0.4) is 0 Å². The molecule has 0 aromatic carbocycles. The Morgan fingerprint density at radius 3 is 2.19 bits per heavy atom. The molecule has 1 saturated heterocycles. The molecular formula is C12H27N3O. The van der Waals surface area contributed by atoms with E-state index in [-0.39, 0.29) is 0 Å². The van der Waals surface area contributed by atoms with Crippen LogP contribution < -0.4 is 5.32 Å². The molecule has 0 atom stereocenters. The highest BCUT2D eigenvalue weighted by molar-refractivity contribution is 4.71. The summed E-state index contributed by atoms with van der Waals surface area (Å²) in [5, 5.41) is 3.20. The second-order valence-corrected chi connectivity index (χ2v) is 4.40. The zero-order valence-electron chi connectivity index (χ0n) is 10.9. The van der Waals surface area contributed by atoms with E-state index in [0.717, 1.165) is 32.7 Å². The van der Waals surface area contributed by atoms with Crippen LogP contribution in [0.15, 0.2) is 0 Å². The highest BCUT2D eigenvalue weighted by Crippen LogP contribution is 2.00. The van der Waals surface area contributed by atoms with Crippen molar-refractivity contribution in [3.05, 3.63) is 0 Å². The number of piperazine rings is 1. The van der Waals surface area contributed by atoms with E-state index in [1.54, 1.807) is 0 Å². The SMILES string of the molecule is CCCOCCN1CCN(CCNC)CC1. The first-order chi connectivity index (χ1) is 7.86. The molecule has 0 aliphatic carbocycles. The molecule has 0 radical (unpaired) electrons. The number of ether oxygens (including phenoxy) is 1. The van der Waals surface area contributed by atoms with Crippen LogP contribution in [0, 0.1) is 0 Å². The summed E-state index contributed by atoms with van der Waals surface area (Å²) in [7, 11) is 2.02. The average molecular weight is 229 g/mol. The van der Waals surface area contributed by atoms with Crippen LogP contribution in [-0.2, 0) is 4.74 Å². The quantitative estimate of drug-likeness (QED) is 0.604. The van der Waals surface area contributed by atoms with Gasteiger partial charge >= 0.3 is 0 Å². The summed E-state index contributed by atoms with van der Waals surface area (Å²) in [4.78, 5) is 5.03. The van der Waals surface area contributed by atoms with Crippen LogP contribution in [0.1, 0.15) is 13.3 Å². The Hall–Kier alpha value is -0.160. The molecule has 4 nitrogen and oxygen atoms in total. The van der Waals surface area contributed by atoms with Crippen molar-refractivity contribution < 1.29 is 4.74 Å². The Balaban J connectivity index is 1.98. The smallest absolute Gasteiger partial charge is 0.0593 e. The maximum absolute atomic E-state index is 5.51. The zero-order chi connectivity index (χ0) is 11.6. The summed E-state index contributed by atoms with van der Waals surface area (Å²) in [6.45, 7) is 12.1. The molecule has 16 heavy (non-hydrogen) atoms. The van der Waals surface area contributed by atoms with E-state index in [1.165, 1.54) is 32.7 Å². The summed E-state index contributed by atoms with van der Waals surface area (Å²) in [6.07, 6.45) is 1.12. The van der Waals surface area contributed by atoms with Crippen molar-refractivity contribution in [3.63, 3.8) is 0 Å². The largest absolute Gasteiger partial charge is 0.380 e. The first-order valence-electron chi connectivity index (χ1n) is 6.54. The number of hydrogen-bond acceptors (Lipinski definition) is 4. The predicted molar refractivity (Wildman–Crippen MR) is 67.9 cm³/mol. The highest BCUT2D eigenvalue weighted by atomic mass is 16.5. The van der Waals surface area contributed by atoms with Crippen LogP contribution in [0.5, 0.6) is 0 Å². The monoisotopic (exact) mass is 229 g/mol. The van der Waals surface area contributed by atoms with E-state index in [2.05, 4.69) is 22.0 Å². The van der Waals surface area contributed by atoms with Crippen LogP contribution >= 0.6 is 0 Å². The molecule has 0 aromatic rings. The lowest BCUT2D eigenvalue weighted by atomic mass is 10.3. The second-order valence-electron chi connectivity index (χ2n) is 4.40. The number of nitrogens with one attached hydrogen (secondary N) is 1. The zero-order valence-corrected chi connectivity index (χ0v) is 10.9. The van der Waals surface area contributed by atoms with Crippen LogP contribution in [0.2, 0.25) is 0 Å². The lowest BCUT2D eigenvalue weighted by Crippen LogP contribution is -2.48. The topological polar surface area (TPSA) is 27.7 Å². The van der Waals surface area contributed by atoms with E-state index in [4.69, 9.17) is 4.74 Å². The summed E-state index contributed by atoms with van der Waals surface area (Å²) in [5.41, 5.74) is 0. The van der Waals surface area contributed by atoms with E-state index in [0.29, 0.717) is 0 Å². The van der Waals surface area contributed by atoms with Gasteiger partial charge in [0, 0.05) is 52.4 Å². The van der Waals surface area contributed by atoms with Gasteiger partial charge in [-0.2, -0.15) is 0 Å². The van der Waals surface area contributed by atoms with Crippen molar-refractivity contribution in [1.82, 2.24) is 15.1 Å². The molecule has 1 aliphatic heterocycles. The van der Waals surface area contributed by atoms with Gasteiger partial charge in [-0.05, 0) is 13.5 Å². The number of hydrogen-bond donors (Lipinski definition) is 1. The number of likely N-dealkylation sites (N-methyl/N-ethyl adjacent to an activating group) is 1. The standard InChI is InChI=1S/C12H27N3O/c1-3-11-16-12-10-15-8-6-14(7-9-15)5-4-13-2/h13H,3-12H2,1-2H3. The molecule has 1 heterocycles. The van der Waals surface area contributed by atoms with Gasteiger partial charge in [-0.1, -0.05) is 6.92 Å². The second kappa shape index (κ2) is 8.93. The van der Waals surface area contributed by atoms with Gasteiger partial charge in [-0.25, -0.2) is 0 Å². The molecule has 1 N–H and O–H groups in total. The first-order valence-corrected chi connectivity index (χ1v) is 6.54. The third-order valence-electron chi connectivity index (χ3n) is 3.04. The normalized spacial score (nSPS) is 19.1. The molecule has 1 rings (SSSR count). The third kappa shape index (κ3) is 5.80. The maximum atomic E-state index is 5.51. The van der Waals surface area contributed by atoms with E-state index in [1.807, 2.05) is 7.05 Å². The molecule has 0 saturated carbocycles. The molecule has 0 unspecified atom stereocenters. The Morgan fingerprint density at radius 2 is 1.62 bits per heavy atom. The van der Waals surface area contributed by atoms with E-state index >= 15 is 0 Å². The summed E-state index contributed by atoms with van der Waals surface area (Å²) in [5.74, 6) is 0. The Kier molecular flexibility index (Phi) is 7.76. The van der Waals surface area contributed by atoms with Gasteiger partial charge in [0.15, 0.2) is 0 Å². The molecular weight excluding hydrogens is 202 g/mol. The van der Waals surface area contributed by atoms with Gasteiger partial charge in [-0.15, -0.1) is 0 Å². The highest BCUT2D eigenvalue weighted by Gasteiger charge is 2.15. The van der Waals surface area contributed by atoms with Gasteiger partial charge in [-0.3, -0.25) is 9.80 Å². The molecule has 1 fully saturated rings. The minimum atomic E-state index is 0.893. The summed E-state index contributed by atoms with van der Waals surface area (Å²) in [6, 6.07) is 0. The number of nitrogens with zero attached hydrogens (tertiary/aromatic N) is 2. The van der Waals surface area contributed by atoms with Crippen molar-refractivity contribution >= 4 is 0 Å². The Morgan fingerprint density at radius 1 is 1.00 bits per heavy atom. The van der Waals surface area contributed by atoms with Gasteiger partial charge in [0.2, 0.25) is 0 Å². The van der Waals surface area contributed by atoms with Crippen molar-refractivity contribution in [2.45, 2.75) is 13.3 Å². The maximum Gasteiger partial charge on any atom is 0.0593 e. The lowest BCUT2D eigenvalue weighted by Gasteiger charge is -2.34. The Labute approximate surface area is 99.9 Å². The van der Waals surface area contributed by atoms with Crippen molar-refractivity contribution in [2.75, 3.05) is 66.1 Å². The fraction of sp³-hybridized carbons (Fsp3) is 1.00. The van der Waals surface area contributed by atoms with Crippen LogP contribution in [-0.4, -0.2) is 75.9 Å². The lowest BCUT2D eigenvalue weighted by molar-refractivity contribution is 0.0762. The molecule has 0 bridgehead atoms. The van der Waals surface area contributed by atoms with Gasteiger partial charge in [0.05, 0.1) is 6.61 Å². The average Bonchev–Trinajstić information content (AvgIpc) is 2.33. The predicted octanol–water partition coefficient (Wildman–Crippen LogP) is 0.250. The molecule has 0 amide bonds. The molecule has 96 valence electrons.